The van der Waals surface area contributed by atoms with Crippen LogP contribution in [0.25, 0.3) is 0 Å². The van der Waals surface area contributed by atoms with Crippen molar-refractivity contribution in [1.29, 1.82) is 0 Å². The number of likely N-dealkylation sites (tertiary alicyclic amines) is 1. The first-order valence-electron chi connectivity index (χ1n) is 7.25. The Balaban J connectivity index is 1.78. The second-order valence-electron chi connectivity index (χ2n) is 5.41. The van der Waals surface area contributed by atoms with Crippen LogP contribution >= 0.6 is 20.5 Å². The molecule has 0 saturated carbocycles. The van der Waals surface area contributed by atoms with Crippen molar-refractivity contribution in [3.05, 3.63) is 29.0 Å². The molecule has 2 amide bonds. The van der Waals surface area contributed by atoms with E-state index in [9.17, 15) is 14.0 Å². The summed E-state index contributed by atoms with van der Waals surface area (Å²) in [6, 6.07) is 3.82. The minimum atomic E-state index is -0.824. The molecule has 1 atom stereocenters. The zero-order valence-electron chi connectivity index (χ0n) is 12.4. The maximum absolute atomic E-state index is 13.3. The van der Waals surface area contributed by atoms with Crippen LogP contribution in [0.15, 0.2) is 18.2 Å². The molecule has 5 nitrogen and oxygen atoms in total. The molecule has 1 aromatic rings. The lowest BCUT2D eigenvalue weighted by molar-refractivity contribution is -0.136. The third kappa shape index (κ3) is 5.27. The summed E-state index contributed by atoms with van der Waals surface area (Å²) in [6.07, 6.45) is 0.977. The first-order valence-corrected chi connectivity index (χ1v) is 8.20. The second-order valence-corrected chi connectivity index (χ2v) is 6.23. The maximum atomic E-state index is 13.3. The van der Waals surface area contributed by atoms with Gasteiger partial charge in [-0.2, -0.15) is 0 Å². The first kappa shape index (κ1) is 17.9. The fourth-order valence-corrected chi connectivity index (χ4v) is 2.83. The van der Waals surface area contributed by atoms with Gasteiger partial charge in [0.2, 0.25) is 0 Å². The molecule has 2 N–H and O–H groups in total. The highest BCUT2D eigenvalue weighted by Gasteiger charge is 2.23. The van der Waals surface area contributed by atoms with Crippen molar-refractivity contribution in [2.45, 2.75) is 6.42 Å². The molecule has 8 heteroatoms. The van der Waals surface area contributed by atoms with Crippen molar-refractivity contribution in [3.63, 3.8) is 0 Å². The molecule has 1 unspecified atom stereocenters. The molecule has 1 heterocycles. The Morgan fingerprint density at radius 3 is 2.91 bits per heavy atom. The highest BCUT2D eigenvalue weighted by atomic mass is 35.5. The summed E-state index contributed by atoms with van der Waals surface area (Å²) < 4.78 is 13.3. The van der Waals surface area contributed by atoms with Gasteiger partial charge in [0, 0.05) is 25.3 Å². The summed E-state index contributed by atoms with van der Waals surface area (Å²) in [5, 5.41) is 4.91. The number of hydrogen-bond acceptors (Lipinski definition) is 3. The number of hydrogen-bond donors (Lipinski definition) is 2. The number of nitrogens with zero attached hydrogens (tertiary/aromatic N) is 1. The summed E-state index contributed by atoms with van der Waals surface area (Å²) in [6.45, 7) is 3.15. The molecule has 1 aromatic carbocycles. The van der Waals surface area contributed by atoms with Crippen LogP contribution in [0, 0.1) is 11.7 Å². The smallest absolute Gasteiger partial charge is 0.313 e. The number of anilines is 1. The Bertz CT molecular complexity index is 614. The van der Waals surface area contributed by atoms with Crippen molar-refractivity contribution in [1.82, 2.24) is 10.2 Å². The summed E-state index contributed by atoms with van der Waals surface area (Å²) in [7, 11) is 3.32. The Kier molecular flexibility index (Phi) is 6.51. The molecule has 1 aliphatic rings. The third-order valence-corrected chi connectivity index (χ3v) is 4.14. The van der Waals surface area contributed by atoms with E-state index in [1.54, 1.807) is 0 Å². The predicted molar refractivity (Wildman–Crippen MR) is 92.0 cm³/mol. The van der Waals surface area contributed by atoms with Crippen LogP contribution < -0.4 is 10.6 Å². The topological polar surface area (TPSA) is 61.4 Å². The van der Waals surface area contributed by atoms with Crippen LogP contribution in [0.5, 0.6) is 0 Å². The fourth-order valence-electron chi connectivity index (χ4n) is 2.45. The highest BCUT2D eigenvalue weighted by Crippen LogP contribution is 2.18. The third-order valence-electron chi connectivity index (χ3n) is 3.65. The zero-order chi connectivity index (χ0) is 16.8. The molecule has 1 aliphatic heterocycles. The van der Waals surface area contributed by atoms with Gasteiger partial charge in [-0.05, 0) is 37.1 Å². The quantitative estimate of drug-likeness (QED) is 0.624. The minimum absolute atomic E-state index is 0.0428. The Labute approximate surface area is 141 Å². The van der Waals surface area contributed by atoms with Gasteiger partial charge in [0.05, 0.1) is 5.02 Å². The number of carbonyl (C=O) groups is 2. The predicted octanol–water partition coefficient (Wildman–Crippen LogP) is 1.80. The van der Waals surface area contributed by atoms with E-state index in [1.807, 2.05) is 5.80 Å². The number of carbonyl (C=O) groups excluding carboxylic acids is 2. The molecule has 23 heavy (non-hydrogen) atoms. The number of rotatable bonds is 5. The molecule has 0 radical (unpaired) electrons. The van der Waals surface area contributed by atoms with E-state index in [0.717, 1.165) is 32.1 Å². The minimum Gasteiger partial charge on any atom is -0.347 e. The molecular weight excluding hydrogens is 340 g/mol. The van der Waals surface area contributed by atoms with Gasteiger partial charge in [0.15, 0.2) is 0 Å². The van der Waals surface area contributed by atoms with Gasteiger partial charge in [-0.3, -0.25) is 14.5 Å². The van der Waals surface area contributed by atoms with E-state index in [-0.39, 0.29) is 10.7 Å². The van der Waals surface area contributed by atoms with Gasteiger partial charge >= 0.3 is 11.8 Å². The van der Waals surface area contributed by atoms with Crippen LogP contribution in [0.1, 0.15) is 6.42 Å². The molecule has 0 aliphatic carbocycles. The van der Waals surface area contributed by atoms with E-state index in [0.29, 0.717) is 12.5 Å². The molecule has 1 fully saturated rings. The number of amides is 2. The normalized spacial score (nSPS) is 17.7. The lowest BCUT2D eigenvalue weighted by Gasteiger charge is -2.14. The Hall–Kier alpha value is -1.49. The number of nitrogens with one attached hydrogen (secondary N) is 2. The fraction of sp³-hybridized carbons (Fsp3) is 0.400. The van der Waals surface area contributed by atoms with E-state index < -0.39 is 17.6 Å². The van der Waals surface area contributed by atoms with Crippen molar-refractivity contribution in [2.75, 3.05) is 31.5 Å². The van der Waals surface area contributed by atoms with Crippen molar-refractivity contribution >= 4 is 43.8 Å². The zero-order valence-corrected chi connectivity index (χ0v) is 14.2. The largest absolute Gasteiger partial charge is 0.347 e. The lowest BCUT2D eigenvalue weighted by atomic mass is 10.1. The number of halogens is 2. The molecule has 2 rings (SSSR count). The van der Waals surface area contributed by atoms with Gasteiger partial charge in [-0.15, -0.1) is 8.86 Å². The molecule has 0 spiro atoms. The van der Waals surface area contributed by atoms with Crippen LogP contribution in [-0.4, -0.2) is 48.7 Å². The Morgan fingerprint density at radius 2 is 2.22 bits per heavy atom. The summed E-state index contributed by atoms with van der Waals surface area (Å²) in [5.74, 6) is 0.0193. The van der Waals surface area contributed by atoms with E-state index in [1.165, 1.54) is 12.1 Å². The van der Waals surface area contributed by atoms with Crippen LogP contribution in [0.2, 0.25) is 5.02 Å². The van der Waals surface area contributed by atoms with Crippen LogP contribution in [-0.2, 0) is 9.59 Å². The SMILES string of the molecule is O=C(NCC1CCN(CC=P)C1)C(=O)Nc1ccc(Cl)c(F)c1. The van der Waals surface area contributed by atoms with E-state index in [2.05, 4.69) is 24.4 Å². The van der Waals surface area contributed by atoms with Crippen molar-refractivity contribution in [2.24, 2.45) is 5.92 Å². The highest BCUT2D eigenvalue weighted by molar-refractivity contribution is 7.18. The molecule has 1 saturated heterocycles. The standard InChI is InChI=1S/C15H18ClFN3O2P/c16-12-2-1-11(7-13(12)17)19-15(22)14(21)18-8-10-3-4-20(9-10)5-6-23/h1-2,6-7,10,23H,3-5,8-9H2,(H,18,21)(H,19,22). The van der Waals surface area contributed by atoms with Crippen molar-refractivity contribution < 1.29 is 14.0 Å². The molecule has 124 valence electrons. The van der Waals surface area contributed by atoms with Crippen LogP contribution in [0.4, 0.5) is 10.1 Å². The molecular formula is C15H18ClFN3O2P. The van der Waals surface area contributed by atoms with Gasteiger partial charge in [-0.1, -0.05) is 17.4 Å². The monoisotopic (exact) mass is 357 g/mol. The average Bonchev–Trinajstić information content (AvgIpc) is 2.96. The molecule has 0 bridgehead atoms. The lowest BCUT2D eigenvalue weighted by Crippen LogP contribution is -2.38. The van der Waals surface area contributed by atoms with Gasteiger partial charge < -0.3 is 10.6 Å². The van der Waals surface area contributed by atoms with Crippen molar-refractivity contribution in [3.8, 4) is 0 Å². The number of benzene rings is 1. The van der Waals surface area contributed by atoms with E-state index >= 15 is 0 Å². The van der Waals surface area contributed by atoms with Gasteiger partial charge in [0.25, 0.3) is 0 Å². The molecule has 0 aromatic heterocycles. The summed E-state index contributed by atoms with van der Waals surface area (Å²) in [4.78, 5) is 25.8. The summed E-state index contributed by atoms with van der Waals surface area (Å²) >= 11 is 5.56. The second kappa shape index (κ2) is 8.39. The van der Waals surface area contributed by atoms with Crippen LogP contribution in [0.3, 0.4) is 0 Å². The summed E-state index contributed by atoms with van der Waals surface area (Å²) in [5.41, 5.74) is 0.187. The maximum Gasteiger partial charge on any atom is 0.313 e. The van der Waals surface area contributed by atoms with Gasteiger partial charge in [0.1, 0.15) is 5.82 Å². The first-order chi connectivity index (χ1) is 11.0. The Morgan fingerprint density at radius 1 is 1.43 bits per heavy atom. The van der Waals surface area contributed by atoms with E-state index in [4.69, 9.17) is 11.6 Å². The van der Waals surface area contributed by atoms with Gasteiger partial charge in [-0.25, -0.2) is 4.39 Å². The average molecular weight is 358 g/mol.